The maximum absolute atomic E-state index is 13.0. The van der Waals surface area contributed by atoms with Crippen molar-refractivity contribution in [2.24, 2.45) is 11.8 Å². The van der Waals surface area contributed by atoms with Crippen molar-refractivity contribution in [3.8, 4) is 0 Å². The molecule has 194 valence electrons. The summed E-state index contributed by atoms with van der Waals surface area (Å²) < 4.78 is 0. The van der Waals surface area contributed by atoms with Gasteiger partial charge in [-0.05, 0) is 27.4 Å². The lowest BCUT2D eigenvalue weighted by Gasteiger charge is -2.47. The predicted octanol–water partition coefficient (Wildman–Crippen LogP) is -1.28. The number of carboxylic acid groups (broad SMARTS) is 1. The molecule has 4 rings (SSSR count). The summed E-state index contributed by atoms with van der Waals surface area (Å²) in [6.45, 7) is 7.57. The molecule has 0 saturated carbocycles. The van der Waals surface area contributed by atoms with Gasteiger partial charge >= 0.3 is 5.97 Å². The molecule has 11 nitrogen and oxygen atoms in total. The molecule has 4 aliphatic heterocycles. The minimum absolute atomic E-state index is 0.0446. The lowest BCUT2D eigenvalue weighted by atomic mass is 9.78. The number of aliphatic carboxylic acids is 1. The van der Waals surface area contributed by atoms with Gasteiger partial charge in [-0.1, -0.05) is 6.92 Å². The topological polar surface area (TPSA) is 134 Å². The SMILES string of the molecule is C[C@@H](NC(=O)CN(C)C)[C@H]1C(=O)N2C(C(=O)O)=C(S[C@@H]3CN[C@H](C(=O)N4CCNCC4)C3)[C@H](C)[C@H]12. The monoisotopic (exact) mass is 508 g/mol. The molecule has 3 amide bonds. The second-order valence-electron chi connectivity index (χ2n) is 10.1. The highest BCUT2D eigenvalue weighted by atomic mass is 32.2. The van der Waals surface area contributed by atoms with Gasteiger partial charge in [0.15, 0.2) is 0 Å². The largest absolute Gasteiger partial charge is 0.477 e. The summed E-state index contributed by atoms with van der Waals surface area (Å²) in [5, 5.41) is 19.5. The second kappa shape index (κ2) is 10.5. The minimum Gasteiger partial charge on any atom is -0.477 e. The van der Waals surface area contributed by atoms with E-state index >= 15 is 0 Å². The van der Waals surface area contributed by atoms with E-state index in [4.69, 9.17) is 0 Å². The minimum atomic E-state index is -1.11. The Bertz CT molecular complexity index is 920. The van der Waals surface area contributed by atoms with Gasteiger partial charge in [-0.25, -0.2) is 4.79 Å². The number of β-lactam (4-membered cyclic amide) rings is 1. The quantitative estimate of drug-likeness (QED) is 0.296. The second-order valence-corrected chi connectivity index (χ2v) is 11.5. The van der Waals surface area contributed by atoms with Crippen LogP contribution in [0.3, 0.4) is 0 Å². The number of piperazine rings is 1. The van der Waals surface area contributed by atoms with Crippen molar-refractivity contribution >= 4 is 35.5 Å². The number of amides is 3. The van der Waals surface area contributed by atoms with Crippen molar-refractivity contribution in [1.29, 1.82) is 0 Å². The molecule has 6 atom stereocenters. The smallest absolute Gasteiger partial charge is 0.353 e. The Morgan fingerprint density at radius 1 is 1.26 bits per heavy atom. The van der Waals surface area contributed by atoms with E-state index in [1.54, 1.807) is 25.9 Å². The molecule has 4 N–H and O–H groups in total. The van der Waals surface area contributed by atoms with Gasteiger partial charge in [0, 0.05) is 54.8 Å². The molecule has 12 heteroatoms. The number of carbonyl (C=O) groups is 4. The van der Waals surface area contributed by atoms with Crippen LogP contribution in [0.15, 0.2) is 10.6 Å². The van der Waals surface area contributed by atoms with E-state index in [2.05, 4.69) is 16.0 Å². The first kappa shape index (κ1) is 25.9. The Morgan fingerprint density at radius 2 is 1.94 bits per heavy atom. The normalized spacial score (nSPS) is 31.5. The van der Waals surface area contributed by atoms with Crippen LogP contribution in [0.5, 0.6) is 0 Å². The zero-order valence-corrected chi connectivity index (χ0v) is 21.6. The zero-order valence-electron chi connectivity index (χ0n) is 20.7. The van der Waals surface area contributed by atoms with Gasteiger partial charge in [0.1, 0.15) is 5.70 Å². The van der Waals surface area contributed by atoms with Gasteiger partial charge < -0.3 is 35.8 Å². The van der Waals surface area contributed by atoms with Crippen molar-refractivity contribution in [1.82, 2.24) is 30.7 Å². The third-order valence-corrected chi connectivity index (χ3v) is 8.80. The number of hydrogen-bond acceptors (Lipinski definition) is 8. The van der Waals surface area contributed by atoms with Crippen molar-refractivity contribution in [2.75, 3.05) is 53.4 Å². The highest BCUT2D eigenvalue weighted by Crippen LogP contribution is 2.51. The summed E-state index contributed by atoms with van der Waals surface area (Å²) in [7, 11) is 3.59. The Morgan fingerprint density at radius 3 is 2.57 bits per heavy atom. The van der Waals surface area contributed by atoms with Gasteiger partial charge in [0.05, 0.1) is 24.5 Å². The average Bonchev–Trinajstić information content (AvgIpc) is 3.35. The van der Waals surface area contributed by atoms with Gasteiger partial charge in [-0.3, -0.25) is 14.4 Å². The van der Waals surface area contributed by atoms with Crippen LogP contribution in [0.4, 0.5) is 0 Å². The van der Waals surface area contributed by atoms with E-state index in [1.807, 2.05) is 11.8 Å². The van der Waals surface area contributed by atoms with Gasteiger partial charge in [0.25, 0.3) is 0 Å². The summed E-state index contributed by atoms with van der Waals surface area (Å²) in [6.07, 6.45) is 0.621. The van der Waals surface area contributed by atoms with E-state index in [0.29, 0.717) is 31.0 Å². The number of rotatable bonds is 8. The Labute approximate surface area is 210 Å². The van der Waals surface area contributed by atoms with Crippen LogP contribution in [0, 0.1) is 11.8 Å². The fourth-order valence-corrected chi connectivity index (χ4v) is 7.12. The standard InChI is InChI=1S/C23H36N6O5S/c1-12-18-17(13(2)26-16(30)11-27(3)4)22(32)29(18)19(23(33)34)20(12)35-14-9-15(25-10-14)21(31)28-7-5-24-6-8-28/h12-15,17-18,24-25H,5-11H2,1-4H3,(H,26,30)(H,33,34)/t12-,13-,14+,15+,17-,18-/m1/s1. The average molecular weight is 509 g/mol. The van der Waals surface area contributed by atoms with Crippen LogP contribution in [0.1, 0.15) is 20.3 Å². The number of hydrogen-bond donors (Lipinski definition) is 4. The molecule has 4 heterocycles. The number of thioether (sulfide) groups is 1. The third kappa shape index (κ3) is 5.07. The van der Waals surface area contributed by atoms with Crippen LogP contribution in [-0.2, 0) is 19.2 Å². The molecule has 0 aromatic heterocycles. The zero-order chi connectivity index (χ0) is 25.4. The Balaban J connectivity index is 1.42. The lowest BCUT2D eigenvalue weighted by Crippen LogP contribution is -2.66. The summed E-state index contributed by atoms with van der Waals surface area (Å²) in [5.41, 5.74) is 0.0532. The van der Waals surface area contributed by atoms with Gasteiger partial charge in [-0.2, -0.15) is 0 Å². The van der Waals surface area contributed by atoms with E-state index in [-0.39, 0.29) is 53.2 Å². The number of nitrogens with zero attached hydrogens (tertiary/aromatic N) is 3. The number of carbonyl (C=O) groups excluding carboxylic acids is 3. The molecule has 0 unspecified atom stereocenters. The molecule has 4 aliphatic rings. The maximum atomic E-state index is 13.0. The Kier molecular flexibility index (Phi) is 7.74. The summed E-state index contributed by atoms with van der Waals surface area (Å²) >= 11 is 1.48. The molecule has 3 saturated heterocycles. The van der Waals surface area contributed by atoms with E-state index in [9.17, 15) is 24.3 Å². The van der Waals surface area contributed by atoms with Crippen LogP contribution < -0.4 is 16.0 Å². The van der Waals surface area contributed by atoms with Crippen LogP contribution in [0.2, 0.25) is 0 Å². The number of likely N-dealkylation sites (N-methyl/N-ethyl adjacent to an activating group) is 1. The van der Waals surface area contributed by atoms with Gasteiger partial charge in [0.2, 0.25) is 17.7 Å². The molecular formula is C23H36N6O5S. The highest BCUT2D eigenvalue weighted by molar-refractivity contribution is 8.03. The van der Waals surface area contributed by atoms with Crippen molar-refractivity contribution in [3.63, 3.8) is 0 Å². The van der Waals surface area contributed by atoms with E-state index in [1.165, 1.54) is 16.7 Å². The summed E-state index contributed by atoms with van der Waals surface area (Å²) in [5.74, 6) is -2.07. The first-order valence-electron chi connectivity index (χ1n) is 12.2. The molecule has 0 aliphatic carbocycles. The fourth-order valence-electron chi connectivity index (χ4n) is 5.64. The first-order valence-corrected chi connectivity index (χ1v) is 13.1. The molecule has 3 fully saturated rings. The molecule has 0 spiro atoms. The van der Waals surface area contributed by atoms with Crippen molar-refractivity contribution < 1.29 is 24.3 Å². The van der Waals surface area contributed by atoms with E-state index in [0.717, 1.165) is 13.1 Å². The first-order chi connectivity index (χ1) is 16.6. The van der Waals surface area contributed by atoms with Crippen LogP contribution in [-0.4, -0.2) is 120 Å². The summed E-state index contributed by atoms with van der Waals surface area (Å²) in [6, 6.07) is -0.958. The number of fused-ring (bicyclic) bond motifs is 1. The predicted molar refractivity (Wildman–Crippen MR) is 131 cm³/mol. The van der Waals surface area contributed by atoms with Crippen LogP contribution in [0.25, 0.3) is 0 Å². The van der Waals surface area contributed by atoms with Crippen molar-refractivity contribution in [3.05, 3.63) is 10.6 Å². The molecule has 35 heavy (non-hydrogen) atoms. The highest BCUT2D eigenvalue weighted by Gasteiger charge is 2.60. The number of carboxylic acids is 1. The van der Waals surface area contributed by atoms with E-state index < -0.39 is 17.9 Å². The molecule has 0 aromatic rings. The van der Waals surface area contributed by atoms with Gasteiger partial charge in [-0.15, -0.1) is 11.8 Å². The maximum Gasteiger partial charge on any atom is 0.353 e. The number of nitrogens with one attached hydrogen (secondary N) is 3. The van der Waals surface area contributed by atoms with Crippen LogP contribution >= 0.6 is 11.8 Å². The van der Waals surface area contributed by atoms with Crippen molar-refractivity contribution in [2.45, 2.75) is 43.6 Å². The third-order valence-electron chi connectivity index (χ3n) is 7.29. The Hall–Kier alpha value is -2.15. The summed E-state index contributed by atoms with van der Waals surface area (Å²) in [4.78, 5) is 56.1. The molecular weight excluding hydrogens is 472 g/mol. The molecule has 0 aromatic carbocycles. The molecule has 0 bridgehead atoms. The fraction of sp³-hybridized carbons (Fsp3) is 0.739. The molecule has 0 radical (unpaired) electrons. The lowest BCUT2D eigenvalue weighted by molar-refractivity contribution is -0.158.